The molecule has 0 bridgehead atoms. The van der Waals surface area contributed by atoms with Crippen molar-refractivity contribution in [2.45, 2.75) is 0 Å². The second-order valence-electron chi connectivity index (χ2n) is 3.74. The van der Waals surface area contributed by atoms with Crippen LogP contribution in [-0.4, -0.2) is 19.9 Å². The van der Waals surface area contributed by atoms with E-state index in [0.29, 0.717) is 0 Å². The van der Waals surface area contributed by atoms with Crippen LogP contribution in [0.5, 0.6) is 0 Å². The lowest BCUT2D eigenvalue weighted by Gasteiger charge is -1.95. The van der Waals surface area contributed by atoms with Crippen molar-refractivity contribution in [1.82, 2.24) is 19.9 Å². The molecular weight excluding hydrogens is 232 g/mol. The molecule has 17 heavy (non-hydrogen) atoms. The largest absolute Gasteiger partial charge is 0.253 e. The second-order valence-corrected chi connectivity index (χ2v) is 4.77. The number of thiophene rings is 1. The van der Waals surface area contributed by atoms with Crippen molar-refractivity contribution in [2.24, 2.45) is 0 Å². The molecule has 5 heteroatoms. The van der Waals surface area contributed by atoms with Gasteiger partial charge in [-0.1, -0.05) is 0 Å². The molecule has 1 aromatic carbocycles. The molecule has 0 saturated heterocycles. The first-order chi connectivity index (χ1) is 8.42. The zero-order valence-corrected chi connectivity index (χ0v) is 9.48. The minimum Gasteiger partial charge on any atom is -0.253 e. The quantitative estimate of drug-likeness (QED) is 0.472. The van der Waals surface area contributed by atoms with E-state index in [1.54, 1.807) is 30.1 Å². The van der Waals surface area contributed by atoms with Crippen LogP contribution in [0.25, 0.3) is 31.3 Å². The first-order valence-corrected chi connectivity index (χ1v) is 5.96. The second kappa shape index (κ2) is 3.18. The SMILES string of the molecule is c1cnc2cc3c(cc2n1)sc1ncncc13. The highest BCUT2D eigenvalue weighted by molar-refractivity contribution is 7.25. The van der Waals surface area contributed by atoms with Gasteiger partial charge >= 0.3 is 0 Å². The predicted octanol–water partition coefficient (Wildman–Crippen LogP) is 2.79. The lowest BCUT2D eigenvalue weighted by atomic mass is 10.2. The molecule has 3 heterocycles. The van der Waals surface area contributed by atoms with E-state index in [-0.39, 0.29) is 0 Å². The number of fused-ring (bicyclic) bond motifs is 4. The molecule has 0 N–H and O–H groups in total. The highest BCUT2D eigenvalue weighted by Crippen LogP contribution is 2.33. The number of benzene rings is 1. The average molecular weight is 238 g/mol. The van der Waals surface area contributed by atoms with Crippen LogP contribution in [0.3, 0.4) is 0 Å². The molecule has 0 aliphatic rings. The Hall–Kier alpha value is -2.14. The van der Waals surface area contributed by atoms with Gasteiger partial charge in [0.1, 0.15) is 11.2 Å². The van der Waals surface area contributed by atoms with Gasteiger partial charge in [-0.05, 0) is 12.1 Å². The van der Waals surface area contributed by atoms with E-state index in [0.717, 1.165) is 26.6 Å². The van der Waals surface area contributed by atoms with Gasteiger partial charge in [-0.25, -0.2) is 9.97 Å². The van der Waals surface area contributed by atoms with Gasteiger partial charge in [0.15, 0.2) is 0 Å². The Morgan fingerprint density at radius 2 is 1.71 bits per heavy atom. The van der Waals surface area contributed by atoms with Crippen molar-refractivity contribution in [3.63, 3.8) is 0 Å². The fourth-order valence-corrected chi connectivity index (χ4v) is 3.01. The van der Waals surface area contributed by atoms with E-state index in [1.807, 2.05) is 6.20 Å². The van der Waals surface area contributed by atoms with Gasteiger partial charge < -0.3 is 0 Å². The highest BCUT2D eigenvalue weighted by atomic mass is 32.1. The van der Waals surface area contributed by atoms with E-state index in [1.165, 1.54) is 4.70 Å². The van der Waals surface area contributed by atoms with Gasteiger partial charge in [0.25, 0.3) is 0 Å². The van der Waals surface area contributed by atoms with Crippen LogP contribution in [0.4, 0.5) is 0 Å². The van der Waals surface area contributed by atoms with Crippen LogP contribution in [-0.2, 0) is 0 Å². The first kappa shape index (κ1) is 8.95. The van der Waals surface area contributed by atoms with Crippen LogP contribution < -0.4 is 0 Å². The van der Waals surface area contributed by atoms with Gasteiger partial charge in [-0.2, -0.15) is 0 Å². The van der Waals surface area contributed by atoms with Crippen molar-refractivity contribution >= 4 is 42.7 Å². The molecule has 0 unspecified atom stereocenters. The molecule has 0 aliphatic carbocycles. The van der Waals surface area contributed by atoms with Crippen LogP contribution in [0.15, 0.2) is 37.1 Å². The molecule has 0 fully saturated rings. The van der Waals surface area contributed by atoms with Gasteiger partial charge in [0.05, 0.1) is 11.0 Å². The summed E-state index contributed by atoms with van der Waals surface area (Å²) in [7, 11) is 0. The molecule has 0 spiro atoms. The average Bonchev–Trinajstić information content (AvgIpc) is 2.73. The third-order valence-corrected chi connectivity index (χ3v) is 3.82. The Morgan fingerprint density at radius 3 is 2.59 bits per heavy atom. The maximum absolute atomic E-state index is 4.32. The summed E-state index contributed by atoms with van der Waals surface area (Å²) in [5.41, 5.74) is 1.82. The molecule has 0 amide bonds. The lowest BCUT2D eigenvalue weighted by Crippen LogP contribution is -1.81. The maximum Gasteiger partial charge on any atom is 0.127 e. The Bertz CT molecular complexity index is 847. The molecule has 0 radical (unpaired) electrons. The summed E-state index contributed by atoms with van der Waals surface area (Å²) in [6.45, 7) is 0. The summed E-state index contributed by atoms with van der Waals surface area (Å²) in [5.74, 6) is 0. The summed E-state index contributed by atoms with van der Waals surface area (Å²) < 4.78 is 1.17. The fraction of sp³-hybridized carbons (Fsp3) is 0. The molecule has 4 rings (SSSR count). The highest BCUT2D eigenvalue weighted by Gasteiger charge is 2.07. The summed E-state index contributed by atoms with van der Waals surface area (Å²) in [5, 5.41) is 2.23. The molecule has 4 nitrogen and oxygen atoms in total. The maximum atomic E-state index is 4.32. The van der Waals surface area contributed by atoms with Gasteiger partial charge in [-0.3, -0.25) is 9.97 Å². The smallest absolute Gasteiger partial charge is 0.127 e. The van der Waals surface area contributed by atoms with Crippen molar-refractivity contribution in [3.8, 4) is 0 Å². The predicted molar refractivity (Wildman–Crippen MR) is 68.0 cm³/mol. The first-order valence-electron chi connectivity index (χ1n) is 5.15. The summed E-state index contributed by atoms with van der Waals surface area (Å²) in [6, 6.07) is 4.11. The van der Waals surface area contributed by atoms with E-state index >= 15 is 0 Å². The summed E-state index contributed by atoms with van der Waals surface area (Å²) in [6.07, 6.45) is 6.85. The van der Waals surface area contributed by atoms with Gasteiger partial charge in [0.2, 0.25) is 0 Å². The number of hydrogen-bond acceptors (Lipinski definition) is 5. The Morgan fingerprint density at radius 1 is 0.882 bits per heavy atom. The van der Waals surface area contributed by atoms with E-state index < -0.39 is 0 Å². The zero-order valence-electron chi connectivity index (χ0n) is 8.66. The van der Waals surface area contributed by atoms with Gasteiger partial charge in [0, 0.05) is 34.1 Å². The summed E-state index contributed by atoms with van der Waals surface area (Å²) >= 11 is 1.66. The monoisotopic (exact) mass is 238 g/mol. The molecule has 3 aromatic heterocycles. The topological polar surface area (TPSA) is 51.6 Å². The molecule has 0 atom stereocenters. The third kappa shape index (κ3) is 1.23. The normalized spacial score (nSPS) is 11.5. The Kier molecular flexibility index (Phi) is 1.67. The molecule has 80 valence electrons. The van der Waals surface area contributed by atoms with Crippen LogP contribution in [0.2, 0.25) is 0 Å². The number of aromatic nitrogens is 4. The van der Waals surface area contributed by atoms with Gasteiger partial charge in [-0.15, -0.1) is 11.3 Å². The Balaban J connectivity index is 2.28. The summed E-state index contributed by atoms with van der Waals surface area (Å²) in [4.78, 5) is 18.0. The molecular formula is C12H6N4S. The third-order valence-electron chi connectivity index (χ3n) is 2.74. The Labute approximate surface area is 100.0 Å². The van der Waals surface area contributed by atoms with Crippen LogP contribution in [0, 0.1) is 0 Å². The van der Waals surface area contributed by atoms with E-state index in [9.17, 15) is 0 Å². The van der Waals surface area contributed by atoms with Crippen molar-refractivity contribution in [3.05, 3.63) is 37.1 Å². The molecule has 4 aromatic rings. The standard InChI is InChI=1S/C12H6N4S/c1-2-15-10-4-11-7(3-9(10)14-1)8-5-13-6-16-12(8)17-11/h1-6H. The van der Waals surface area contributed by atoms with Crippen LogP contribution in [0.1, 0.15) is 0 Å². The minimum atomic E-state index is 0.906. The molecule has 0 saturated carbocycles. The molecule has 0 aliphatic heterocycles. The lowest BCUT2D eigenvalue weighted by molar-refractivity contribution is 1.24. The number of nitrogens with zero attached hydrogens (tertiary/aromatic N) is 4. The number of rotatable bonds is 0. The van der Waals surface area contributed by atoms with Crippen LogP contribution >= 0.6 is 11.3 Å². The van der Waals surface area contributed by atoms with Crippen molar-refractivity contribution < 1.29 is 0 Å². The zero-order chi connectivity index (χ0) is 11.2. The minimum absolute atomic E-state index is 0.906. The van der Waals surface area contributed by atoms with E-state index in [4.69, 9.17) is 0 Å². The van der Waals surface area contributed by atoms with E-state index in [2.05, 4.69) is 32.1 Å². The fourth-order valence-electron chi connectivity index (χ4n) is 1.98. The van der Waals surface area contributed by atoms with Crippen molar-refractivity contribution in [2.75, 3.05) is 0 Å². The number of hydrogen-bond donors (Lipinski definition) is 0. The van der Waals surface area contributed by atoms with Crippen molar-refractivity contribution in [1.29, 1.82) is 0 Å².